The van der Waals surface area contributed by atoms with Gasteiger partial charge in [0, 0.05) is 24.8 Å². The fraction of sp³-hybridized carbons (Fsp3) is 0.304. The molecule has 2 fully saturated rings. The van der Waals surface area contributed by atoms with Gasteiger partial charge in [-0.05, 0) is 25.8 Å². The summed E-state index contributed by atoms with van der Waals surface area (Å²) in [5.74, 6) is -2.01. The zero-order valence-corrected chi connectivity index (χ0v) is 17.0. The van der Waals surface area contributed by atoms with Gasteiger partial charge in [-0.3, -0.25) is 19.7 Å². The molecule has 0 saturated carbocycles. The average molecular weight is 422 g/mol. The van der Waals surface area contributed by atoms with E-state index in [2.05, 4.69) is 0 Å². The van der Waals surface area contributed by atoms with Gasteiger partial charge in [0.2, 0.25) is 0 Å². The third kappa shape index (κ3) is 3.82. The first-order valence-corrected chi connectivity index (χ1v) is 10.1. The Kier molecular flexibility index (Phi) is 5.56. The van der Waals surface area contributed by atoms with Gasteiger partial charge in [-0.15, -0.1) is 0 Å². The Balaban J connectivity index is 1.89. The molecule has 2 saturated heterocycles. The first kappa shape index (κ1) is 20.7. The standard InChI is InChI=1S/C23H22N2O6/c1-14-8-10-15(11-9-14)21(26)19-20(17-6-2-3-7-18(17)25(29)30)24(23(28)22(19)27)13-16-5-4-12-31-16/h2-3,6-11,16,20,26H,4-5,12-13H2,1H3/b21-19+. The summed E-state index contributed by atoms with van der Waals surface area (Å²) in [7, 11) is 0. The van der Waals surface area contributed by atoms with E-state index < -0.39 is 22.7 Å². The zero-order chi connectivity index (χ0) is 22.1. The van der Waals surface area contributed by atoms with E-state index in [0.29, 0.717) is 12.2 Å². The number of para-hydroxylation sites is 1. The minimum Gasteiger partial charge on any atom is -0.507 e. The smallest absolute Gasteiger partial charge is 0.295 e. The number of carbonyl (C=O) groups excluding carboxylic acids is 2. The third-order valence-electron chi connectivity index (χ3n) is 5.72. The number of hydrogen-bond donors (Lipinski definition) is 1. The van der Waals surface area contributed by atoms with E-state index in [-0.39, 0.29) is 35.2 Å². The van der Waals surface area contributed by atoms with Crippen molar-refractivity contribution in [3.8, 4) is 0 Å². The van der Waals surface area contributed by atoms with Crippen LogP contribution in [0.15, 0.2) is 54.1 Å². The number of nitro groups is 1. The van der Waals surface area contributed by atoms with E-state index in [1.165, 1.54) is 23.1 Å². The molecule has 0 aliphatic carbocycles. The summed E-state index contributed by atoms with van der Waals surface area (Å²) in [5.41, 5.74) is 1.14. The number of likely N-dealkylation sites (tertiary alicyclic amines) is 1. The molecule has 2 atom stereocenters. The van der Waals surface area contributed by atoms with Gasteiger partial charge in [0.15, 0.2) is 0 Å². The number of ether oxygens (including phenoxy) is 1. The van der Waals surface area contributed by atoms with E-state index in [9.17, 15) is 24.8 Å². The molecule has 0 radical (unpaired) electrons. The van der Waals surface area contributed by atoms with E-state index in [1.807, 2.05) is 6.92 Å². The number of ketones is 1. The number of benzene rings is 2. The topological polar surface area (TPSA) is 110 Å². The van der Waals surface area contributed by atoms with E-state index in [0.717, 1.165) is 18.4 Å². The number of carbonyl (C=O) groups is 2. The van der Waals surface area contributed by atoms with Crippen molar-refractivity contribution in [3.63, 3.8) is 0 Å². The van der Waals surface area contributed by atoms with Crippen molar-refractivity contribution in [2.24, 2.45) is 0 Å². The molecule has 2 aliphatic heterocycles. The van der Waals surface area contributed by atoms with Crippen molar-refractivity contribution < 1.29 is 24.4 Å². The van der Waals surface area contributed by atoms with Crippen LogP contribution in [-0.4, -0.2) is 45.9 Å². The molecule has 8 heteroatoms. The van der Waals surface area contributed by atoms with E-state index in [4.69, 9.17) is 4.74 Å². The van der Waals surface area contributed by atoms with Crippen LogP contribution in [0, 0.1) is 17.0 Å². The molecule has 2 aliphatic rings. The van der Waals surface area contributed by atoms with E-state index in [1.54, 1.807) is 30.3 Å². The molecular formula is C23H22N2O6. The van der Waals surface area contributed by atoms with E-state index >= 15 is 0 Å². The zero-order valence-electron chi connectivity index (χ0n) is 17.0. The molecule has 1 N–H and O–H groups in total. The van der Waals surface area contributed by atoms with Crippen LogP contribution in [0.2, 0.25) is 0 Å². The summed E-state index contributed by atoms with van der Waals surface area (Å²) in [4.78, 5) is 38.4. The lowest BCUT2D eigenvalue weighted by Crippen LogP contribution is -2.36. The lowest BCUT2D eigenvalue weighted by molar-refractivity contribution is -0.385. The molecular weight excluding hydrogens is 400 g/mol. The predicted molar refractivity (Wildman–Crippen MR) is 112 cm³/mol. The Morgan fingerprint density at radius 1 is 1.19 bits per heavy atom. The molecule has 31 heavy (non-hydrogen) atoms. The summed E-state index contributed by atoms with van der Waals surface area (Å²) in [5, 5.41) is 22.7. The summed E-state index contributed by atoms with van der Waals surface area (Å²) in [6.45, 7) is 2.57. The molecule has 0 bridgehead atoms. The van der Waals surface area contributed by atoms with Crippen LogP contribution in [0.4, 0.5) is 5.69 Å². The van der Waals surface area contributed by atoms with Gasteiger partial charge < -0.3 is 14.7 Å². The molecule has 2 unspecified atom stereocenters. The monoisotopic (exact) mass is 422 g/mol. The number of aliphatic hydroxyl groups excluding tert-OH is 1. The second-order valence-electron chi connectivity index (χ2n) is 7.77. The number of aliphatic hydroxyl groups is 1. The van der Waals surface area contributed by atoms with Crippen LogP contribution in [-0.2, 0) is 14.3 Å². The Morgan fingerprint density at radius 3 is 2.55 bits per heavy atom. The van der Waals surface area contributed by atoms with Crippen LogP contribution in [0.5, 0.6) is 0 Å². The fourth-order valence-electron chi connectivity index (χ4n) is 4.15. The number of nitrogens with zero attached hydrogens (tertiary/aromatic N) is 2. The van der Waals surface area contributed by atoms with Crippen molar-refractivity contribution in [1.82, 2.24) is 4.90 Å². The summed E-state index contributed by atoms with van der Waals surface area (Å²) < 4.78 is 5.64. The summed E-state index contributed by atoms with van der Waals surface area (Å²) in [6, 6.07) is 11.7. The SMILES string of the molecule is Cc1ccc(/C(O)=C2\C(=O)C(=O)N(CC3CCCO3)C2c2ccccc2[N+](=O)[O-])cc1. The van der Waals surface area contributed by atoms with Crippen molar-refractivity contribution in [1.29, 1.82) is 0 Å². The number of rotatable bonds is 5. The highest BCUT2D eigenvalue weighted by Gasteiger charge is 2.48. The maximum atomic E-state index is 13.0. The minimum atomic E-state index is -1.08. The molecule has 0 aromatic heterocycles. The maximum absolute atomic E-state index is 13.0. The highest BCUT2D eigenvalue weighted by molar-refractivity contribution is 6.46. The van der Waals surface area contributed by atoms with Crippen LogP contribution < -0.4 is 0 Å². The minimum absolute atomic E-state index is 0.117. The first-order valence-electron chi connectivity index (χ1n) is 10.1. The van der Waals surface area contributed by atoms with Crippen molar-refractivity contribution in [2.75, 3.05) is 13.2 Å². The summed E-state index contributed by atoms with van der Waals surface area (Å²) in [6.07, 6.45) is 1.31. The van der Waals surface area contributed by atoms with Gasteiger partial charge in [-0.1, -0.05) is 42.0 Å². The van der Waals surface area contributed by atoms with Crippen molar-refractivity contribution in [3.05, 3.63) is 80.9 Å². The lowest BCUT2D eigenvalue weighted by atomic mass is 9.94. The van der Waals surface area contributed by atoms with Crippen LogP contribution >= 0.6 is 0 Å². The second-order valence-corrected chi connectivity index (χ2v) is 7.77. The van der Waals surface area contributed by atoms with Crippen LogP contribution in [0.25, 0.3) is 5.76 Å². The predicted octanol–water partition coefficient (Wildman–Crippen LogP) is 3.50. The number of amides is 1. The maximum Gasteiger partial charge on any atom is 0.295 e. The Bertz CT molecular complexity index is 1070. The quantitative estimate of drug-likeness (QED) is 0.260. The Labute approximate surface area is 178 Å². The molecule has 2 aromatic carbocycles. The van der Waals surface area contributed by atoms with Gasteiger partial charge in [0.05, 0.1) is 28.2 Å². The number of Topliss-reactive ketones (excluding diaryl/α,β-unsaturated/α-hetero) is 1. The normalized spacial score (nSPS) is 22.8. The Morgan fingerprint density at radius 2 is 1.90 bits per heavy atom. The number of hydrogen-bond acceptors (Lipinski definition) is 6. The third-order valence-corrected chi connectivity index (χ3v) is 5.72. The van der Waals surface area contributed by atoms with Gasteiger partial charge >= 0.3 is 0 Å². The Hall–Kier alpha value is -3.52. The fourth-order valence-corrected chi connectivity index (χ4v) is 4.15. The van der Waals surface area contributed by atoms with Gasteiger partial charge in [0.1, 0.15) is 5.76 Å². The van der Waals surface area contributed by atoms with Crippen LogP contribution in [0.3, 0.4) is 0 Å². The van der Waals surface area contributed by atoms with Gasteiger partial charge in [-0.25, -0.2) is 0 Å². The lowest BCUT2D eigenvalue weighted by Gasteiger charge is -2.27. The van der Waals surface area contributed by atoms with Crippen molar-refractivity contribution in [2.45, 2.75) is 31.9 Å². The molecule has 160 valence electrons. The highest BCUT2D eigenvalue weighted by Crippen LogP contribution is 2.43. The molecule has 0 spiro atoms. The summed E-state index contributed by atoms with van der Waals surface area (Å²) >= 11 is 0. The second kappa shape index (κ2) is 8.31. The number of nitro benzene ring substituents is 1. The molecule has 8 nitrogen and oxygen atoms in total. The molecule has 2 heterocycles. The van der Waals surface area contributed by atoms with Crippen LogP contribution in [0.1, 0.15) is 35.6 Å². The van der Waals surface area contributed by atoms with Gasteiger partial charge in [0.25, 0.3) is 17.4 Å². The van der Waals surface area contributed by atoms with Crippen molar-refractivity contribution >= 4 is 23.1 Å². The largest absolute Gasteiger partial charge is 0.507 e. The molecule has 4 rings (SSSR count). The number of aryl methyl sites for hydroxylation is 1. The highest BCUT2D eigenvalue weighted by atomic mass is 16.6. The van der Waals surface area contributed by atoms with Gasteiger partial charge in [-0.2, -0.15) is 0 Å². The molecule has 1 amide bonds. The molecule has 2 aromatic rings. The average Bonchev–Trinajstić information content (AvgIpc) is 3.36. The first-order chi connectivity index (χ1) is 14.9.